The molecule has 3 heterocycles. The Morgan fingerprint density at radius 3 is 2.63 bits per heavy atom. The van der Waals surface area contributed by atoms with Crippen molar-refractivity contribution >= 4 is 28.2 Å². The Morgan fingerprint density at radius 2 is 1.93 bits per heavy atom. The van der Waals surface area contributed by atoms with Gasteiger partial charge in [0.15, 0.2) is 0 Å². The Labute approximate surface area is 155 Å². The maximum atomic E-state index is 12.7. The van der Waals surface area contributed by atoms with Crippen LogP contribution in [0.5, 0.6) is 0 Å². The van der Waals surface area contributed by atoms with Crippen molar-refractivity contribution in [3.05, 3.63) is 58.6 Å². The number of morpholine rings is 1. The molecule has 0 aliphatic carbocycles. The summed E-state index contributed by atoms with van der Waals surface area (Å²) in [7, 11) is 0. The molecule has 4 N–H and O–H groups in total. The third-order valence-electron chi connectivity index (χ3n) is 4.75. The molecule has 1 aromatic carbocycles. The SMILES string of the molecule is NCn1ccc2[nH]cc(C(=O)Nc3ccc(N4CCOCC4)cc3)c2c1=O. The number of fused-ring (bicyclic) bond motifs is 1. The van der Waals surface area contributed by atoms with Crippen LogP contribution in [0.1, 0.15) is 10.4 Å². The van der Waals surface area contributed by atoms with E-state index in [1.807, 2.05) is 24.3 Å². The van der Waals surface area contributed by atoms with Crippen LogP contribution in [0.2, 0.25) is 0 Å². The van der Waals surface area contributed by atoms with E-state index in [1.54, 1.807) is 18.5 Å². The van der Waals surface area contributed by atoms with Crippen molar-refractivity contribution < 1.29 is 9.53 Å². The maximum Gasteiger partial charge on any atom is 0.261 e. The van der Waals surface area contributed by atoms with Crippen molar-refractivity contribution in [2.45, 2.75) is 6.67 Å². The minimum Gasteiger partial charge on any atom is -0.378 e. The van der Waals surface area contributed by atoms with Crippen molar-refractivity contribution in [3.63, 3.8) is 0 Å². The van der Waals surface area contributed by atoms with E-state index in [4.69, 9.17) is 10.5 Å². The van der Waals surface area contributed by atoms with E-state index in [2.05, 4.69) is 15.2 Å². The highest BCUT2D eigenvalue weighted by Crippen LogP contribution is 2.21. The molecule has 3 aromatic rings. The molecule has 1 aliphatic rings. The first-order valence-electron chi connectivity index (χ1n) is 8.82. The molecular weight excluding hydrogens is 346 g/mol. The van der Waals surface area contributed by atoms with Crippen LogP contribution in [-0.4, -0.2) is 41.8 Å². The Kier molecular flexibility index (Phi) is 4.66. The molecule has 27 heavy (non-hydrogen) atoms. The average molecular weight is 367 g/mol. The second-order valence-electron chi connectivity index (χ2n) is 6.36. The first kappa shape index (κ1) is 17.3. The zero-order chi connectivity index (χ0) is 18.8. The van der Waals surface area contributed by atoms with Crippen molar-refractivity contribution in [1.82, 2.24) is 9.55 Å². The van der Waals surface area contributed by atoms with E-state index in [0.29, 0.717) is 22.2 Å². The second kappa shape index (κ2) is 7.26. The molecular formula is C19H21N5O3. The number of aromatic nitrogens is 2. The van der Waals surface area contributed by atoms with Gasteiger partial charge in [-0.25, -0.2) is 0 Å². The summed E-state index contributed by atoms with van der Waals surface area (Å²) in [5.41, 5.74) is 7.96. The van der Waals surface area contributed by atoms with Crippen molar-refractivity contribution in [2.24, 2.45) is 5.73 Å². The molecule has 0 spiro atoms. The smallest absolute Gasteiger partial charge is 0.261 e. The summed E-state index contributed by atoms with van der Waals surface area (Å²) in [4.78, 5) is 30.4. The lowest BCUT2D eigenvalue weighted by atomic mass is 10.2. The molecule has 1 fully saturated rings. The van der Waals surface area contributed by atoms with Gasteiger partial charge in [-0.3, -0.25) is 9.59 Å². The molecule has 1 aliphatic heterocycles. The predicted octanol–water partition coefficient (Wildman–Crippen LogP) is 1.33. The van der Waals surface area contributed by atoms with Gasteiger partial charge in [0.2, 0.25) is 0 Å². The Balaban J connectivity index is 1.55. The number of ether oxygens (including phenoxy) is 1. The molecule has 8 nitrogen and oxygen atoms in total. The normalized spacial score (nSPS) is 14.5. The molecule has 0 saturated carbocycles. The number of benzene rings is 1. The third-order valence-corrected chi connectivity index (χ3v) is 4.75. The van der Waals surface area contributed by atoms with Crippen LogP contribution in [0.15, 0.2) is 47.5 Å². The molecule has 0 bridgehead atoms. The number of hydrogen-bond donors (Lipinski definition) is 3. The van der Waals surface area contributed by atoms with Gasteiger partial charge >= 0.3 is 0 Å². The summed E-state index contributed by atoms with van der Waals surface area (Å²) in [6, 6.07) is 9.39. The fourth-order valence-electron chi connectivity index (χ4n) is 3.28. The Bertz CT molecular complexity index is 1020. The van der Waals surface area contributed by atoms with E-state index in [1.165, 1.54) is 4.57 Å². The summed E-state index contributed by atoms with van der Waals surface area (Å²) in [5, 5.41) is 3.19. The Hall–Kier alpha value is -3.10. The number of carbonyl (C=O) groups excluding carboxylic acids is 1. The summed E-state index contributed by atoms with van der Waals surface area (Å²) in [6.45, 7) is 3.21. The highest BCUT2D eigenvalue weighted by molar-refractivity contribution is 6.12. The minimum atomic E-state index is -0.341. The van der Waals surface area contributed by atoms with Gasteiger partial charge in [-0.2, -0.15) is 0 Å². The highest BCUT2D eigenvalue weighted by Gasteiger charge is 2.17. The summed E-state index contributed by atoms with van der Waals surface area (Å²) in [6.07, 6.45) is 3.15. The summed E-state index contributed by atoms with van der Waals surface area (Å²) >= 11 is 0. The fraction of sp³-hybridized carbons (Fsp3) is 0.263. The van der Waals surface area contributed by atoms with E-state index < -0.39 is 0 Å². The first-order chi connectivity index (χ1) is 13.2. The van der Waals surface area contributed by atoms with Crippen molar-refractivity contribution in [3.8, 4) is 0 Å². The topological polar surface area (TPSA) is 105 Å². The number of nitrogens with two attached hydrogens (primary N) is 1. The molecule has 1 amide bonds. The number of nitrogens with one attached hydrogen (secondary N) is 2. The standard InChI is InChI=1S/C19H21N5O3/c20-12-24-6-5-16-17(19(24)26)15(11-21-16)18(25)22-13-1-3-14(4-2-13)23-7-9-27-10-8-23/h1-6,11,21H,7-10,12,20H2,(H,22,25). The molecule has 140 valence electrons. The second-order valence-corrected chi connectivity index (χ2v) is 6.36. The molecule has 4 rings (SSSR count). The Morgan fingerprint density at radius 1 is 1.19 bits per heavy atom. The molecule has 2 aromatic heterocycles. The van der Waals surface area contributed by atoms with Crippen LogP contribution >= 0.6 is 0 Å². The number of pyridine rings is 1. The van der Waals surface area contributed by atoms with Crippen LogP contribution in [0, 0.1) is 0 Å². The summed E-state index contributed by atoms with van der Waals surface area (Å²) in [5.74, 6) is -0.341. The van der Waals surface area contributed by atoms with Crippen LogP contribution in [-0.2, 0) is 11.4 Å². The number of anilines is 2. The van der Waals surface area contributed by atoms with Gasteiger partial charge in [-0.1, -0.05) is 0 Å². The zero-order valence-electron chi connectivity index (χ0n) is 14.8. The fourth-order valence-corrected chi connectivity index (χ4v) is 3.28. The highest BCUT2D eigenvalue weighted by atomic mass is 16.5. The van der Waals surface area contributed by atoms with E-state index in [9.17, 15) is 9.59 Å². The molecule has 0 atom stereocenters. The molecule has 8 heteroatoms. The van der Waals surface area contributed by atoms with Crippen LogP contribution in [0.4, 0.5) is 11.4 Å². The lowest BCUT2D eigenvalue weighted by Crippen LogP contribution is -2.36. The lowest BCUT2D eigenvalue weighted by molar-refractivity contribution is 0.102. The number of nitrogens with zero attached hydrogens (tertiary/aromatic N) is 2. The molecule has 0 radical (unpaired) electrons. The monoisotopic (exact) mass is 367 g/mol. The van der Waals surface area contributed by atoms with Gasteiger partial charge in [0.05, 0.1) is 36.3 Å². The van der Waals surface area contributed by atoms with Crippen molar-refractivity contribution in [2.75, 3.05) is 36.5 Å². The first-order valence-corrected chi connectivity index (χ1v) is 8.82. The average Bonchev–Trinajstić information content (AvgIpc) is 3.15. The van der Waals surface area contributed by atoms with E-state index >= 15 is 0 Å². The summed E-state index contributed by atoms with van der Waals surface area (Å²) < 4.78 is 6.73. The van der Waals surface area contributed by atoms with Gasteiger partial charge in [-0.15, -0.1) is 0 Å². The quantitative estimate of drug-likeness (QED) is 0.645. The number of hydrogen-bond acceptors (Lipinski definition) is 5. The maximum absolute atomic E-state index is 12.7. The minimum absolute atomic E-state index is 0.0595. The van der Waals surface area contributed by atoms with Crippen molar-refractivity contribution in [1.29, 1.82) is 0 Å². The zero-order valence-corrected chi connectivity index (χ0v) is 14.8. The third kappa shape index (κ3) is 3.32. The van der Waals surface area contributed by atoms with Gasteiger partial charge < -0.3 is 30.2 Å². The van der Waals surface area contributed by atoms with Crippen LogP contribution in [0.25, 0.3) is 10.9 Å². The predicted molar refractivity (Wildman–Crippen MR) is 104 cm³/mol. The number of aromatic amines is 1. The lowest BCUT2D eigenvalue weighted by Gasteiger charge is -2.28. The number of rotatable bonds is 4. The largest absolute Gasteiger partial charge is 0.378 e. The van der Waals surface area contributed by atoms with Gasteiger partial charge in [0.1, 0.15) is 0 Å². The van der Waals surface area contributed by atoms with Gasteiger partial charge in [0.25, 0.3) is 11.5 Å². The van der Waals surface area contributed by atoms with Crippen LogP contribution in [0.3, 0.4) is 0 Å². The molecule has 0 unspecified atom stereocenters. The van der Waals surface area contributed by atoms with E-state index in [0.717, 1.165) is 32.0 Å². The number of H-pyrrole nitrogens is 1. The van der Waals surface area contributed by atoms with Gasteiger partial charge in [0, 0.05) is 36.9 Å². The van der Waals surface area contributed by atoms with Crippen LogP contribution < -0.4 is 21.5 Å². The van der Waals surface area contributed by atoms with Gasteiger partial charge in [-0.05, 0) is 30.3 Å². The number of carbonyl (C=O) groups is 1. The molecule has 1 saturated heterocycles. The number of amides is 1. The van der Waals surface area contributed by atoms with E-state index in [-0.39, 0.29) is 18.1 Å².